The molecule has 190 valence electrons. The molecule has 5 N–H and O–H groups in total. The van der Waals surface area contributed by atoms with Gasteiger partial charge in [-0.15, -0.1) is 0 Å². The summed E-state index contributed by atoms with van der Waals surface area (Å²) in [4.78, 5) is 26.6. The Morgan fingerprint density at radius 2 is 1.86 bits per heavy atom. The van der Waals surface area contributed by atoms with Crippen molar-refractivity contribution in [2.24, 2.45) is 5.73 Å². The molecule has 36 heavy (non-hydrogen) atoms. The summed E-state index contributed by atoms with van der Waals surface area (Å²) in [6, 6.07) is 3.07. The first-order valence-electron chi connectivity index (χ1n) is 11.4. The van der Waals surface area contributed by atoms with E-state index >= 15 is 0 Å². The molecule has 2 fully saturated rings. The van der Waals surface area contributed by atoms with Crippen LogP contribution in [0.15, 0.2) is 30.7 Å². The Morgan fingerprint density at radius 3 is 2.47 bits per heavy atom. The van der Waals surface area contributed by atoms with Gasteiger partial charge in [0.15, 0.2) is 0 Å². The molecule has 0 atom stereocenters. The van der Waals surface area contributed by atoms with E-state index in [0.717, 1.165) is 31.0 Å². The Morgan fingerprint density at radius 1 is 1.14 bits per heavy atom. The minimum Gasteiger partial charge on any atom is -0.383 e. The van der Waals surface area contributed by atoms with E-state index in [2.05, 4.69) is 15.3 Å². The number of hydrogen-bond acceptors (Lipinski definition) is 7. The zero-order valence-electron chi connectivity index (χ0n) is 19.1. The van der Waals surface area contributed by atoms with Gasteiger partial charge in [0.1, 0.15) is 35.2 Å². The van der Waals surface area contributed by atoms with Crippen molar-refractivity contribution in [3.8, 4) is 11.3 Å². The fourth-order valence-electron chi connectivity index (χ4n) is 4.73. The second-order valence-electron chi connectivity index (χ2n) is 8.98. The number of primary amides is 1. The molecule has 5 rings (SSSR count). The van der Waals surface area contributed by atoms with Crippen molar-refractivity contribution in [3.63, 3.8) is 0 Å². The van der Waals surface area contributed by atoms with Gasteiger partial charge in [-0.05, 0) is 31.0 Å². The van der Waals surface area contributed by atoms with Gasteiger partial charge in [0.05, 0.1) is 17.3 Å². The number of amides is 1. The lowest BCUT2D eigenvalue weighted by molar-refractivity contribution is -0.139. The summed E-state index contributed by atoms with van der Waals surface area (Å²) in [5, 5.41) is 3.20. The Balaban J connectivity index is 1.43. The SMILES string of the molecule is NC(=O)c1c(N)ncnc1N1CCC(c2nc(-c3ccc(F)c(C(F)(F)F)c3)cn2C2CNC2)CC1. The molecule has 9 nitrogen and oxygen atoms in total. The smallest absolute Gasteiger partial charge is 0.383 e. The van der Waals surface area contributed by atoms with Crippen LogP contribution in [0.25, 0.3) is 11.3 Å². The van der Waals surface area contributed by atoms with Gasteiger partial charge in [-0.1, -0.05) is 0 Å². The van der Waals surface area contributed by atoms with Gasteiger partial charge in [0.2, 0.25) is 0 Å². The first kappa shape index (κ1) is 24.0. The molecule has 0 unspecified atom stereocenters. The Bertz CT molecular complexity index is 1300. The molecule has 0 spiro atoms. The summed E-state index contributed by atoms with van der Waals surface area (Å²) in [5.74, 6) is -0.834. The molecular weight excluding hydrogens is 480 g/mol. The number of carbonyl (C=O) groups is 1. The summed E-state index contributed by atoms with van der Waals surface area (Å²) in [7, 11) is 0. The maximum atomic E-state index is 13.8. The van der Waals surface area contributed by atoms with Gasteiger partial charge >= 0.3 is 6.18 Å². The summed E-state index contributed by atoms with van der Waals surface area (Å²) in [6.45, 7) is 2.53. The minimum absolute atomic E-state index is 0.0183. The van der Waals surface area contributed by atoms with Crippen molar-refractivity contribution in [1.82, 2.24) is 24.8 Å². The van der Waals surface area contributed by atoms with Gasteiger partial charge < -0.3 is 26.3 Å². The lowest BCUT2D eigenvalue weighted by Crippen LogP contribution is -2.44. The Labute approximate surface area is 203 Å². The topological polar surface area (TPSA) is 128 Å². The predicted octanol–water partition coefficient (Wildman–Crippen LogP) is 2.71. The highest BCUT2D eigenvalue weighted by atomic mass is 19.4. The summed E-state index contributed by atoms with van der Waals surface area (Å²) < 4.78 is 55.6. The number of rotatable bonds is 5. The molecule has 0 bridgehead atoms. The molecule has 1 aromatic carbocycles. The van der Waals surface area contributed by atoms with Gasteiger partial charge in [0, 0.05) is 43.9 Å². The molecule has 0 aliphatic carbocycles. The highest BCUT2D eigenvalue weighted by Crippen LogP contribution is 2.37. The van der Waals surface area contributed by atoms with Gasteiger partial charge in [0.25, 0.3) is 5.91 Å². The fourth-order valence-corrected chi connectivity index (χ4v) is 4.73. The molecule has 4 heterocycles. The third kappa shape index (κ3) is 4.34. The lowest BCUT2D eigenvalue weighted by Gasteiger charge is -2.35. The molecule has 2 aliphatic heterocycles. The average molecular weight is 504 g/mol. The highest BCUT2D eigenvalue weighted by molar-refractivity contribution is 6.01. The zero-order valence-corrected chi connectivity index (χ0v) is 19.1. The van der Waals surface area contributed by atoms with Gasteiger partial charge in [-0.3, -0.25) is 4.79 Å². The molecule has 0 radical (unpaired) electrons. The quantitative estimate of drug-likeness (QED) is 0.456. The number of aromatic nitrogens is 4. The number of imidazole rings is 1. The number of nitrogens with two attached hydrogens (primary N) is 2. The van der Waals surface area contributed by atoms with E-state index in [-0.39, 0.29) is 28.9 Å². The van der Waals surface area contributed by atoms with Crippen LogP contribution in [-0.4, -0.2) is 51.6 Å². The van der Waals surface area contributed by atoms with Crippen molar-refractivity contribution < 1.29 is 22.4 Å². The van der Waals surface area contributed by atoms with E-state index in [1.807, 2.05) is 9.47 Å². The molecule has 0 saturated carbocycles. The molecule has 1 amide bonds. The predicted molar refractivity (Wildman–Crippen MR) is 124 cm³/mol. The molecule has 2 aromatic heterocycles. The van der Waals surface area contributed by atoms with Crippen LogP contribution >= 0.6 is 0 Å². The lowest BCUT2D eigenvalue weighted by atomic mass is 9.95. The van der Waals surface area contributed by atoms with Crippen LogP contribution in [0.3, 0.4) is 0 Å². The van der Waals surface area contributed by atoms with Crippen LogP contribution < -0.4 is 21.7 Å². The summed E-state index contributed by atoms with van der Waals surface area (Å²) >= 11 is 0. The standard InChI is InChI=1S/C23H24F4N8O/c24-16-2-1-13(7-15(16)23(25,26)27)17-10-35(14-8-30-9-14)21(33-17)12-3-5-34(6-4-12)22-18(20(29)36)19(28)31-11-32-22/h1-2,7,10-12,14,30H,3-6,8-9H2,(H2,29,36)(H2,28,31,32). The van der Waals surface area contributed by atoms with Crippen molar-refractivity contribution in [1.29, 1.82) is 0 Å². The number of hydrogen-bond donors (Lipinski definition) is 3. The molecule has 2 saturated heterocycles. The number of piperidine rings is 1. The third-order valence-corrected chi connectivity index (χ3v) is 6.74. The fraction of sp³-hybridized carbons (Fsp3) is 0.391. The molecule has 3 aromatic rings. The van der Waals surface area contributed by atoms with E-state index in [1.165, 1.54) is 12.4 Å². The summed E-state index contributed by atoms with van der Waals surface area (Å²) in [5.41, 5.74) is 10.7. The van der Waals surface area contributed by atoms with Crippen LogP contribution in [0, 0.1) is 5.82 Å². The largest absolute Gasteiger partial charge is 0.419 e. The first-order chi connectivity index (χ1) is 17.1. The number of carbonyl (C=O) groups excluding carboxylic acids is 1. The third-order valence-electron chi connectivity index (χ3n) is 6.74. The number of halogens is 4. The maximum absolute atomic E-state index is 13.8. The second-order valence-corrected chi connectivity index (χ2v) is 8.98. The number of alkyl halides is 3. The number of benzene rings is 1. The van der Waals surface area contributed by atoms with Gasteiger partial charge in [-0.25, -0.2) is 19.3 Å². The van der Waals surface area contributed by atoms with Crippen LogP contribution in [0.4, 0.5) is 29.2 Å². The average Bonchev–Trinajstić information content (AvgIpc) is 3.21. The monoisotopic (exact) mass is 504 g/mol. The van der Waals surface area contributed by atoms with Crippen molar-refractivity contribution >= 4 is 17.5 Å². The Hall–Kier alpha value is -3.74. The van der Waals surface area contributed by atoms with E-state index in [1.54, 1.807) is 6.20 Å². The first-order valence-corrected chi connectivity index (χ1v) is 11.4. The molecule has 2 aliphatic rings. The van der Waals surface area contributed by atoms with E-state index in [9.17, 15) is 22.4 Å². The number of nitrogens with zero attached hydrogens (tertiary/aromatic N) is 5. The zero-order chi connectivity index (χ0) is 25.6. The second kappa shape index (κ2) is 9.04. The highest BCUT2D eigenvalue weighted by Gasteiger charge is 2.35. The number of nitrogen functional groups attached to an aromatic ring is 1. The van der Waals surface area contributed by atoms with Crippen LogP contribution in [0.1, 0.15) is 46.5 Å². The van der Waals surface area contributed by atoms with E-state index in [0.29, 0.717) is 37.4 Å². The van der Waals surface area contributed by atoms with E-state index < -0.39 is 23.5 Å². The van der Waals surface area contributed by atoms with E-state index in [4.69, 9.17) is 16.5 Å². The van der Waals surface area contributed by atoms with Gasteiger partial charge in [-0.2, -0.15) is 13.2 Å². The minimum atomic E-state index is -4.80. The molecule has 13 heteroatoms. The molecular formula is C23H24F4N8O. The van der Waals surface area contributed by atoms with Crippen LogP contribution in [0.5, 0.6) is 0 Å². The summed E-state index contributed by atoms with van der Waals surface area (Å²) in [6.07, 6.45) is -0.448. The van der Waals surface area contributed by atoms with Crippen LogP contribution in [-0.2, 0) is 6.18 Å². The Kier molecular flexibility index (Phi) is 6.02. The normalized spacial score (nSPS) is 17.3. The van der Waals surface area contributed by atoms with Crippen molar-refractivity contribution in [2.75, 3.05) is 36.8 Å². The van der Waals surface area contributed by atoms with Crippen molar-refractivity contribution in [2.45, 2.75) is 31.0 Å². The maximum Gasteiger partial charge on any atom is 0.419 e. The number of nitrogens with one attached hydrogen (secondary N) is 1. The number of anilines is 2. The van der Waals surface area contributed by atoms with Crippen molar-refractivity contribution in [3.05, 3.63) is 53.5 Å². The van der Waals surface area contributed by atoms with Crippen LogP contribution in [0.2, 0.25) is 0 Å².